The smallest absolute Gasteiger partial charge is 0.280 e. The summed E-state index contributed by atoms with van der Waals surface area (Å²) >= 11 is 1.26. The predicted molar refractivity (Wildman–Crippen MR) is 97.0 cm³/mol. The quantitative estimate of drug-likeness (QED) is 0.891. The van der Waals surface area contributed by atoms with E-state index in [2.05, 4.69) is 15.2 Å². The summed E-state index contributed by atoms with van der Waals surface area (Å²) < 4.78 is 0. The van der Waals surface area contributed by atoms with E-state index in [1.807, 2.05) is 4.90 Å². The first-order valence-corrected chi connectivity index (χ1v) is 10.4. The Labute approximate surface area is 152 Å². The van der Waals surface area contributed by atoms with Crippen LogP contribution in [0.5, 0.6) is 0 Å². The Morgan fingerprint density at radius 3 is 2.44 bits per heavy atom. The SMILES string of the molecule is O=C(NC1CC1)c1nc(C(=O)N2CCN(C3CCCCC3)CC2)cs1. The molecule has 2 aliphatic carbocycles. The Hall–Kier alpha value is -1.47. The van der Waals surface area contributed by atoms with Crippen LogP contribution in [-0.4, -0.2) is 64.9 Å². The maximum atomic E-state index is 12.7. The molecule has 4 rings (SSSR count). The number of aromatic nitrogens is 1. The molecule has 0 radical (unpaired) electrons. The highest BCUT2D eigenvalue weighted by Gasteiger charge is 2.29. The number of hydrogen-bond acceptors (Lipinski definition) is 5. The van der Waals surface area contributed by atoms with Crippen molar-refractivity contribution < 1.29 is 9.59 Å². The van der Waals surface area contributed by atoms with E-state index in [-0.39, 0.29) is 11.8 Å². The third-order valence-corrected chi connectivity index (χ3v) is 6.36. The summed E-state index contributed by atoms with van der Waals surface area (Å²) in [6.07, 6.45) is 8.76. The van der Waals surface area contributed by atoms with Crippen LogP contribution in [0.4, 0.5) is 0 Å². The Kier molecular flexibility index (Phi) is 5.03. The fraction of sp³-hybridized carbons (Fsp3) is 0.722. The average molecular weight is 362 g/mol. The van der Waals surface area contributed by atoms with Crippen LogP contribution in [0.3, 0.4) is 0 Å². The molecule has 2 amide bonds. The molecule has 2 saturated carbocycles. The molecular formula is C18H26N4O2S. The first-order valence-electron chi connectivity index (χ1n) is 9.50. The number of thiazole rings is 1. The molecular weight excluding hydrogens is 336 g/mol. The number of carbonyl (C=O) groups is 2. The molecule has 0 aromatic carbocycles. The lowest BCUT2D eigenvalue weighted by Crippen LogP contribution is -2.52. The Bertz CT molecular complexity index is 629. The molecule has 1 aromatic heterocycles. The van der Waals surface area contributed by atoms with Crippen LogP contribution in [0.25, 0.3) is 0 Å². The van der Waals surface area contributed by atoms with Gasteiger partial charge in [-0.05, 0) is 25.7 Å². The molecule has 0 unspecified atom stereocenters. The van der Waals surface area contributed by atoms with E-state index in [9.17, 15) is 9.59 Å². The standard InChI is InChI=1S/C18H26N4O2S/c23-16(19-13-6-7-13)17-20-15(12-25-17)18(24)22-10-8-21(9-11-22)14-4-2-1-3-5-14/h12-14H,1-11H2,(H,19,23). The van der Waals surface area contributed by atoms with Crippen LogP contribution < -0.4 is 5.32 Å². The Balaban J connectivity index is 1.31. The summed E-state index contributed by atoms with van der Waals surface area (Å²) in [5, 5.41) is 5.04. The van der Waals surface area contributed by atoms with E-state index in [0.717, 1.165) is 39.0 Å². The molecule has 3 fully saturated rings. The highest BCUT2D eigenvalue weighted by atomic mass is 32.1. The van der Waals surface area contributed by atoms with Crippen LogP contribution in [-0.2, 0) is 0 Å². The molecule has 1 aromatic rings. The average Bonchev–Trinajstić information content (AvgIpc) is 3.33. The van der Waals surface area contributed by atoms with Crippen LogP contribution >= 0.6 is 11.3 Å². The first-order chi connectivity index (χ1) is 12.2. The summed E-state index contributed by atoms with van der Waals surface area (Å²) in [4.78, 5) is 33.4. The van der Waals surface area contributed by atoms with Gasteiger partial charge in [-0.25, -0.2) is 4.98 Å². The van der Waals surface area contributed by atoms with Crippen molar-refractivity contribution >= 4 is 23.2 Å². The van der Waals surface area contributed by atoms with E-state index >= 15 is 0 Å². The number of rotatable bonds is 4. The van der Waals surface area contributed by atoms with E-state index in [1.54, 1.807) is 5.38 Å². The number of piperazine rings is 1. The molecule has 1 saturated heterocycles. The van der Waals surface area contributed by atoms with E-state index in [4.69, 9.17) is 0 Å². The maximum Gasteiger partial charge on any atom is 0.280 e. The van der Waals surface area contributed by atoms with Crippen molar-refractivity contribution in [2.24, 2.45) is 0 Å². The zero-order valence-electron chi connectivity index (χ0n) is 14.6. The van der Waals surface area contributed by atoms with Crippen molar-refractivity contribution in [3.05, 3.63) is 16.1 Å². The van der Waals surface area contributed by atoms with Gasteiger partial charge in [0.2, 0.25) is 0 Å². The second kappa shape index (κ2) is 7.41. The molecule has 2 heterocycles. The fourth-order valence-electron chi connectivity index (χ4n) is 3.85. The second-order valence-corrected chi connectivity index (χ2v) is 8.26. The van der Waals surface area contributed by atoms with Crippen LogP contribution in [0.15, 0.2) is 5.38 Å². The Morgan fingerprint density at radius 2 is 1.76 bits per heavy atom. The van der Waals surface area contributed by atoms with Gasteiger partial charge in [0.05, 0.1) is 0 Å². The van der Waals surface area contributed by atoms with Crippen molar-refractivity contribution in [3.8, 4) is 0 Å². The normalized spacial score (nSPS) is 22.8. The Morgan fingerprint density at radius 1 is 1.04 bits per heavy atom. The second-order valence-electron chi connectivity index (χ2n) is 7.41. The summed E-state index contributed by atoms with van der Waals surface area (Å²) in [7, 11) is 0. The van der Waals surface area contributed by atoms with Crippen molar-refractivity contribution in [1.29, 1.82) is 0 Å². The molecule has 3 aliphatic rings. The maximum absolute atomic E-state index is 12.7. The zero-order valence-corrected chi connectivity index (χ0v) is 15.4. The van der Waals surface area contributed by atoms with Gasteiger partial charge in [-0.1, -0.05) is 19.3 Å². The number of amides is 2. The van der Waals surface area contributed by atoms with Crippen molar-refractivity contribution in [1.82, 2.24) is 20.1 Å². The fourth-order valence-corrected chi connectivity index (χ4v) is 4.54. The molecule has 1 aliphatic heterocycles. The number of hydrogen-bond donors (Lipinski definition) is 1. The number of nitrogens with zero attached hydrogens (tertiary/aromatic N) is 3. The van der Waals surface area contributed by atoms with Crippen molar-refractivity contribution in [3.63, 3.8) is 0 Å². The lowest BCUT2D eigenvalue weighted by Gasteiger charge is -2.40. The monoisotopic (exact) mass is 362 g/mol. The van der Waals surface area contributed by atoms with Gasteiger partial charge >= 0.3 is 0 Å². The molecule has 136 valence electrons. The van der Waals surface area contributed by atoms with Crippen molar-refractivity contribution in [2.75, 3.05) is 26.2 Å². The van der Waals surface area contributed by atoms with Gasteiger partial charge in [0.15, 0.2) is 5.01 Å². The lowest BCUT2D eigenvalue weighted by molar-refractivity contribution is 0.0519. The molecule has 25 heavy (non-hydrogen) atoms. The highest BCUT2D eigenvalue weighted by molar-refractivity contribution is 7.11. The molecule has 0 atom stereocenters. The lowest BCUT2D eigenvalue weighted by atomic mass is 9.94. The van der Waals surface area contributed by atoms with Crippen molar-refractivity contribution in [2.45, 2.75) is 57.0 Å². The van der Waals surface area contributed by atoms with Crippen LogP contribution in [0.1, 0.15) is 65.2 Å². The van der Waals surface area contributed by atoms with Gasteiger partial charge in [-0.2, -0.15) is 0 Å². The number of nitrogens with one attached hydrogen (secondary N) is 1. The largest absolute Gasteiger partial charge is 0.347 e. The zero-order chi connectivity index (χ0) is 17.2. The summed E-state index contributed by atoms with van der Waals surface area (Å²) in [6, 6.07) is 1.02. The number of carbonyl (C=O) groups excluding carboxylic acids is 2. The molecule has 7 heteroatoms. The molecule has 1 N–H and O–H groups in total. The minimum Gasteiger partial charge on any atom is -0.347 e. The van der Waals surface area contributed by atoms with Gasteiger partial charge < -0.3 is 10.2 Å². The molecule has 0 spiro atoms. The van der Waals surface area contributed by atoms with Gasteiger partial charge in [0.25, 0.3) is 11.8 Å². The van der Waals surface area contributed by atoms with Gasteiger partial charge in [-0.3, -0.25) is 14.5 Å². The van der Waals surface area contributed by atoms with Gasteiger partial charge in [-0.15, -0.1) is 11.3 Å². The van der Waals surface area contributed by atoms with E-state index in [0.29, 0.717) is 22.8 Å². The van der Waals surface area contributed by atoms with E-state index in [1.165, 1.54) is 43.4 Å². The van der Waals surface area contributed by atoms with Gasteiger partial charge in [0, 0.05) is 43.6 Å². The van der Waals surface area contributed by atoms with Gasteiger partial charge in [0.1, 0.15) is 5.69 Å². The summed E-state index contributed by atoms with van der Waals surface area (Å²) in [5.74, 6) is -0.182. The summed E-state index contributed by atoms with van der Waals surface area (Å²) in [5.41, 5.74) is 0.414. The highest BCUT2D eigenvalue weighted by Crippen LogP contribution is 2.24. The van der Waals surface area contributed by atoms with Crippen LogP contribution in [0.2, 0.25) is 0 Å². The topological polar surface area (TPSA) is 65.5 Å². The molecule has 6 nitrogen and oxygen atoms in total. The van der Waals surface area contributed by atoms with E-state index < -0.39 is 0 Å². The minimum absolute atomic E-state index is 0.0370. The molecule has 0 bridgehead atoms. The predicted octanol–water partition coefficient (Wildman–Crippen LogP) is 2.13. The summed E-state index contributed by atoms with van der Waals surface area (Å²) in [6.45, 7) is 3.43. The third-order valence-electron chi connectivity index (χ3n) is 5.52. The minimum atomic E-state index is -0.145. The first kappa shape index (κ1) is 17.0. The van der Waals surface area contributed by atoms with Crippen LogP contribution in [0, 0.1) is 0 Å². The third kappa shape index (κ3) is 4.03.